The zero-order valence-electron chi connectivity index (χ0n) is 13.7. The predicted molar refractivity (Wildman–Crippen MR) is 88.7 cm³/mol. The second-order valence-corrected chi connectivity index (χ2v) is 5.92. The van der Waals surface area contributed by atoms with Crippen LogP contribution in [0.5, 0.6) is 0 Å². The van der Waals surface area contributed by atoms with Crippen LogP contribution in [-0.4, -0.2) is 45.8 Å². The van der Waals surface area contributed by atoms with Crippen LogP contribution in [0.3, 0.4) is 0 Å². The Hall–Kier alpha value is -2.74. The maximum absolute atomic E-state index is 13.4. The van der Waals surface area contributed by atoms with Crippen molar-refractivity contribution >= 4 is 11.8 Å². The Labute approximate surface area is 144 Å². The van der Waals surface area contributed by atoms with Gasteiger partial charge in [-0.2, -0.15) is 0 Å². The number of H-pyrrole nitrogens is 1. The molecule has 0 spiro atoms. The van der Waals surface area contributed by atoms with Crippen molar-refractivity contribution in [1.82, 2.24) is 25.5 Å². The molecule has 7 nitrogen and oxygen atoms in total. The Morgan fingerprint density at radius 2 is 2.32 bits per heavy atom. The van der Waals surface area contributed by atoms with Crippen LogP contribution in [0.1, 0.15) is 17.8 Å². The van der Waals surface area contributed by atoms with E-state index in [4.69, 9.17) is 0 Å². The van der Waals surface area contributed by atoms with Crippen LogP contribution in [0.15, 0.2) is 36.7 Å². The number of aromatic amines is 1. The van der Waals surface area contributed by atoms with Gasteiger partial charge >= 0.3 is 0 Å². The minimum Gasteiger partial charge on any atom is -0.353 e. The topological polar surface area (TPSA) is 90.1 Å². The molecule has 1 aromatic heterocycles. The fraction of sp³-hybridized carbons (Fsp3) is 0.353. The van der Waals surface area contributed by atoms with Gasteiger partial charge in [0.05, 0.1) is 19.0 Å². The first-order valence-electron chi connectivity index (χ1n) is 8.13. The number of aromatic nitrogens is 2. The third kappa shape index (κ3) is 4.63. The van der Waals surface area contributed by atoms with E-state index in [0.717, 1.165) is 5.56 Å². The molecule has 1 aliphatic heterocycles. The lowest BCUT2D eigenvalue weighted by atomic mass is 10.1. The number of halogens is 1. The van der Waals surface area contributed by atoms with Crippen molar-refractivity contribution in [2.75, 3.05) is 13.1 Å². The summed E-state index contributed by atoms with van der Waals surface area (Å²) in [7, 11) is 0. The molecule has 0 saturated carbocycles. The highest BCUT2D eigenvalue weighted by Gasteiger charge is 2.31. The van der Waals surface area contributed by atoms with E-state index in [1.54, 1.807) is 18.5 Å². The Morgan fingerprint density at radius 1 is 1.44 bits per heavy atom. The number of nitrogens with zero attached hydrogens (tertiary/aromatic N) is 2. The van der Waals surface area contributed by atoms with E-state index in [0.29, 0.717) is 25.5 Å². The SMILES string of the molecule is O=C(C[C@@H]1C(=O)NCCN1Cc1cccc(F)c1)NCc1ncc[nH]1. The van der Waals surface area contributed by atoms with Crippen LogP contribution < -0.4 is 10.6 Å². The lowest BCUT2D eigenvalue weighted by Gasteiger charge is -2.34. The van der Waals surface area contributed by atoms with Crippen LogP contribution in [-0.2, 0) is 22.7 Å². The number of carbonyl (C=O) groups is 2. The van der Waals surface area contributed by atoms with Crippen molar-refractivity contribution in [2.45, 2.75) is 25.6 Å². The number of hydrogen-bond acceptors (Lipinski definition) is 4. The van der Waals surface area contributed by atoms with E-state index in [1.165, 1.54) is 12.1 Å². The van der Waals surface area contributed by atoms with Gasteiger partial charge in [0.2, 0.25) is 11.8 Å². The fourth-order valence-electron chi connectivity index (χ4n) is 2.87. The van der Waals surface area contributed by atoms with Gasteiger partial charge in [-0.3, -0.25) is 14.5 Å². The van der Waals surface area contributed by atoms with Crippen LogP contribution in [0.2, 0.25) is 0 Å². The highest BCUT2D eigenvalue weighted by Crippen LogP contribution is 2.14. The van der Waals surface area contributed by atoms with E-state index >= 15 is 0 Å². The Kier molecular flexibility index (Phi) is 5.39. The Morgan fingerprint density at radius 3 is 3.08 bits per heavy atom. The van der Waals surface area contributed by atoms with Crippen LogP contribution in [0.4, 0.5) is 4.39 Å². The number of carbonyl (C=O) groups excluding carboxylic acids is 2. The molecule has 8 heteroatoms. The number of amides is 2. The molecule has 132 valence electrons. The molecule has 3 N–H and O–H groups in total. The quantitative estimate of drug-likeness (QED) is 0.713. The number of piperazine rings is 1. The summed E-state index contributed by atoms with van der Waals surface area (Å²) in [5.74, 6) is -0.0803. The molecule has 1 fully saturated rings. The first kappa shape index (κ1) is 17.1. The van der Waals surface area contributed by atoms with Crippen molar-refractivity contribution in [3.05, 3.63) is 53.9 Å². The van der Waals surface area contributed by atoms with Crippen molar-refractivity contribution in [3.63, 3.8) is 0 Å². The van der Waals surface area contributed by atoms with Crippen LogP contribution >= 0.6 is 0 Å². The van der Waals surface area contributed by atoms with Crippen LogP contribution in [0.25, 0.3) is 0 Å². The third-order valence-corrected chi connectivity index (χ3v) is 4.10. The summed E-state index contributed by atoms with van der Waals surface area (Å²) in [6, 6.07) is 5.70. The van der Waals surface area contributed by atoms with E-state index < -0.39 is 6.04 Å². The van der Waals surface area contributed by atoms with Crippen molar-refractivity contribution in [1.29, 1.82) is 0 Å². The summed E-state index contributed by atoms with van der Waals surface area (Å²) in [5, 5.41) is 5.53. The van der Waals surface area contributed by atoms with E-state index in [2.05, 4.69) is 20.6 Å². The smallest absolute Gasteiger partial charge is 0.237 e. The second kappa shape index (κ2) is 7.89. The molecule has 1 saturated heterocycles. The summed E-state index contributed by atoms with van der Waals surface area (Å²) in [5.41, 5.74) is 0.774. The number of rotatable bonds is 6. The summed E-state index contributed by atoms with van der Waals surface area (Å²) in [6.45, 7) is 1.82. The van der Waals surface area contributed by atoms with Crippen molar-refractivity contribution < 1.29 is 14.0 Å². The van der Waals surface area contributed by atoms with Gasteiger partial charge in [-0.1, -0.05) is 12.1 Å². The highest BCUT2D eigenvalue weighted by molar-refractivity contribution is 5.88. The molecule has 2 amide bonds. The maximum atomic E-state index is 13.4. The van der Waals surface area contributed by atoms with Gasteiger partial charge in [-0.15, -0.1) is 0 Å². The number of imidazole rings is 1. The fourth-order valence-corrected chi connectivity index (χ4v) is 2.87. The molecular weight excluding hydrogens is 325 g/mol. The van der Waals surface area contributed by atoms with Gasteiger partial charge in [0, 0.05) is 32.0 Å². The van der Waals surface area contributed by atoms with E-state index in [9.17, 15) is 14.0 Å². The summed E-state index contributed by atoms with van der Waals surface area (Å²) < 4.78 is 13.4. The number of nitrogens with one attached hydrogen (secondary N) is 3. The number of hydrogen-bond donors (Lipinski definition) is 3. The minimum absolute atomic E-state index is 0.0435. The zero-order chi connectivity index (χ0) is 17.6. The molecule has 0 bridgehead atoms. The molecule has 2 heterocycles. The van der Waals surface area contributed by atoms with Gasteiger partial charge < -0.3 is 15.6 Å². The standard InChI is InChI=1S/C17H20FN5O2/c18-13-3-1-2-12(8-13)11-23-7-6-21-17(25)14(23)9-16(24)22-10-15-19-4-5-20-15/h1-5,8,14H,6-7,9-11H2,(H,19,20)(H,21,25)(H,22,24)/t14-/m1/s1. The van der Waals surface area contributed by atoms with Gasteiger partial charge in [0.25, 0.3) is 0 Å². The van der Waals surface area contributed by atoms with Crippen molar-refractivity contribution in [2.24, 2.45) is 0 Å². The molecule has 1 aliphatic rings. The lowest BCUT2D eigenvalue weighted by Crippen LogP contribution is -2.56. The van der Waals surface area contributed by atoms with Crippen molar-refractivity contribution in [3.8, 4) is 0 Å². The first-order chi connectivity index (χ1) is 12.1. The molecule has 1 aromatic carbocycles. The van der Waals surface area contributed by atoms with Gasteiger partial charge in [0.15, 0.2) is 0 Å². The minimum atomic E-state index is -0.575. The zero-order valence-corrected chi connectivity index (χ0v) is 13.7. The Bertz CT molecular complexity index is 734. The van der Waals surface area contributed by atoms with Gasteiger partial charge in [-0.25, -0.2) is 9.37 Å². The second-order valence-electron chi connectivity index (χ2n) is 5.92. The summed E-state index contributed by atoms with van der Waals surface area (Å²) >= 11 is 0. The predicted octanol–water partition coefficient (Wildman–Crippen LogP) is 0.556. The van der Waals surface area contributed by atoms with Gasteiger partial charge in [0.1, 0.15) is 11.6 Å². The Balaban J connectivity index is 1.61. The molecule has 1 atom stereocenters. The average molecular weight is 345 g/mol. The van der Waals surface area contributed by atoms with E-state index in [-0.39, 0.29) is 30.6 Å². The molecule has 3 rings (SSSR count). The van der Waals surface area contributed by atoms with E-state index in [1.807, 2.05) is 11.0 Å². The largest absolute Gasteiger partial charge is 0.353 e. The lowest BCUT2D eigenvalue weighted by molar-refractivity contribution is -0.134. The molecule has 0 radical (unpaired) electrons. The number of benzene rings is 1. The molecule has 0 aliphatic carbocycles. The molecule has 0 unspecified atom stereocenters. The third-order valence-electron chi connectivity index (χ3n) is 4.10. The molecular formula is C17H20FN5O2. The maximum Gasteiger partial charge on any atom is 0.237 e. The van der Waals surface area contributed by atoms with Gasteiger partial charge in [-0.05, 0) is 17.7 Å². The summed E-state index contributed by atoms with van der Waals surface area (Å²) in [4.78, 5) is 33.2. The highest BCUT2D eigenvalue weighted by atomic mass is 19.1. The monoisotopic (exact) mass is 345 g/mol. The average Bonchev–Trinajstić information content (AvgIpc) is 3.10. The normalized spacial score (nSPS) is 18.0. The molecule has 2 aromatic rings. The molecule has 25 heavy (non-hydrogen) atoms. The first-order valence-corrected chi connectivity index (χ1v) is 8.13. The van der Waals surface area contributed by atoms with Crippen LogP contribution in [0, 0.1) is 5.82 Å². The summed E-state index contributed by atoms with van der Waals surface area (Å²) in [6.07, 6.45) is 3.33.